The Kier molecular flexibility index (Phi) is 4.16. The Morgan fingerprint density at radius 1 is 1.19 bits per heavy atom. The molecule has 2 aliphatic heterocycles. The first kappa shape index (κ1) is 16.5. The molecule has 27 heavy (non-hydrogen) atoms. The van der Waals surface area contributed by atoms with Crippen molar-refractivity contribution < 1.29 is 4.74 Å². The molecule has 1 N–H and O–H groups in total. The quantitative estimate of drug-likeness (QED) is 0.900. The van der Waals surface area contributed by atoms with Crippen LogP contribution in [0, 0.1) is 0 Å². The van der Waals surface area contributed by atoms with Gasteiger partial charge in [0.05, 0.1) is 30.9 Å². The molecule has 140 valence electrons. The summed E-state index contributed by atoms with van der Waals surface area (Å²) >= 11 is 0. The standard InChI is InChI=1S/C20H24N6O/c1-25-12-16-18(22-13-25)10-17(24-20(16)23-15-3-4-15)14-2-5-19(21-11-14)26-6-8-27-9-7-26/h2,5,10-11,13,15H,3-4,6-9,12H2,1H3,(H,23,24). The number of anilines is 2. The van der Waals surface area contributed by atoms with E-state index in [0.717, 1.165) is 61.4 Å². The van der Waals surface area contributed by atoms with Crippen LogP contribution in [0.4, 0.5) is 17.3 Å². The van der Waals surface area contributed by atoms with E-state index in [1.54, 1.807) is 0 Å². The van der Waals surface area contributed by atoms with Crippen LogP contribution in [0.5, 0.6) is 0 Å². The molecule has 4 heterocycles. The largest absolute Gasteiger partial charge is 0.378 e. The second-order valence-electron chi connectivity index (χ2n) is 7.44. The Bertz CT molecular complexity index is 856. The van der Waals surface area contributed by atoms with Crippen LogP contribution in [0.15, 0.2) is 29.4 Å². The highest BCUT2D eigenvalue weighted by molar-refractivity contribution is 5.76. The molecular weight excluding hydrogens is 340 g/mol. The second-order valence-corrected chi connectivity index (χ2v) is 7.44. The number of hydrogen-bond acceptors (Lipinski definition) is 7. The van der Waals surface area contributed by atoms with Gasteiger partial charge in [0.25, 0.3) is 0 Å². The first-order valence-electron chi connectivity index (χ1n) is 9.60. The minimum absolute atomic E-state index is 0.551. The van der Waals surface area contributed by atoms with Crippen LogP contribution < -0.4 is 10.2 Å². The Morgan fingerprint density at radius 3 is 2.78 bits per heavy atom. The van der Waals surface area contributed by atoms with Gasteiger partial charge in [-0.2, -0.15) is 0 Å². The van der Waals surface area contributed by atoms with E-state index in [9.17, 15) is 0 Å². The van der Waals surface area contributed by atoms with E-state index in [1.165, 1.54) is 18.4 Å². The van der Waals surface area contributed by atoms with Gasteiger partial charge in [0.15, 0.2) is 0 Å². The molecule has 2 aromatic rings. The van der Waals surface area contributed by atoms with Crippen molar-refractivity contribution in [2.75, 3.05) is 43.6 Å². The van der Waals surface area contributed by atoms with Crippen molar-refractivity contribution in [2.45, 2.75) is 25.4 Å². The van der Waals surface area contributed by atoms with Crippen LogP contribution in [0.25, 0.3) is 11.3 Å². The smallest absolute Gasteiger partial charge is 0.134 e. The zero-order valence-electron chi connectivity index (χ0n) is 15.6. The van der Waals surface area contributed by atoms with E-state index in [0.29, 0.717) is 6.04 Å². The predicted molar refractivity (Wildman–Crippen MR) is 107 cm³/mol. The predicted octanol–water partition coefficient (Wildman–Crippen LogP) is 2.66. The second kappa shape index (κ2) is 6.81. The Labute approximate surface area is 159 Å². The fourth-order valence-corrected chi connectivity index (χ4v) is 3.49. The number of fused-ring (bicyclic) bond motifs is 1. The summed E-state index contributed by atoms with van der Waals surface area (Å²) in [6, 6.07) is 6.80. The number of hydrogen-bond donors (Lipinski definition) is 1. The Morgan fingerprint density at radius 2 is 2.04 bits per heavy atom. The van der Waals surface area contributed by atoms with Gasteiger partial charge in [-0.05, 0) is 31.0 Å². The molecule has 0 atom stereocenters. The third-order valence-electron chi connectivity index (χ3n) is 5.20. The molecule has 7 heteroatoms. The van der Waals surface area contributed by atoms with Crippen LogP contribution in [0.1, 0.15) is 18.4 Å². The van der Waals surface area contributed by atoms with Crippen LogP contribution in [0.3, 0.4) is 0 Å². The maximum Gasteiger partial charge on any atom is 0.134 e. The lowest BCUT2D eigenvalue weighted by atomic mass is 10.1. The molecule has 0 bridgehead atoms. The highest BCUT2D eigenvalue weighted by atomic mass is 16.5. The van der Waals surface area contributed by atoms with E-state index < -0.39 is 0 Å². The van der Waals surface area contributed by atoms with Gasteiger partial charge in [-0.3, -0.25) is 0 Å². The number of aromatic nitrogens is 2. The summed E-state index contributed by atoms with van der Waals surface area (Å²) in [6.45, 7) is 4.13. The van der Waals surface area contributed by atoms with Gasteiger partial charge in [0, 0.05) is 50.0 Å². The third-order valence-corrected chi connectivity index (χ3v) is 5.20. The Balaban J connectivity index is 1.46. The minimum atomic E-state index is 0.551. The number of morpholine rings is 1. The monoisotopic (exact) mass is 364 g/mol. The maximum atomic E-state index is 5.42. The van der Waals surface area contributed by atoms with E-state index in [4.69, 9.17) is 9.72 Å². The van der Waals surface area contributed by atoms with E-state index >= 15 is 0 Å². The topological polar surface area (TPSA) is 65.9 Å². The third kappa shape index (κ3) is 3.47. The normalized spacial score (nSPS) is 19.1. The lowest BCUT2D eigenvalue weighted by Crippen LogP contribution is -2.36. The molecule has 3 aliphatic rings. The van der Waals surface area contributed by atoms with Crippen molar-refractivity contribution >= 4 is 23.7 Å². The molecule has 0 radical (unpaired) electrons. The molecule has 7 nitrogen and oxygen atoms in total. The molecule has 1 saturated heterocycles. The molecule has 2 fully saturated rings. The summed E-state index contributed by atoms with van der Waals surface area (Å²) in [5.41, 5.74) is 4.11. The SMILES string of the molecule is CN1C=Nc2cc(-c3ccc(N4CCOCC4)nc3)nc(NC3CC3)c2C1. The molecule has 1 aliphatic carbocycles. The van der Waals surface area contributed by atoms with Crippen molar-refractivity contribution in [2.24, 2.45) is 4.99 Å². The fourth-order valence-electron chi connectivity index (χ4n) is 3.49. The summed E-state index contributed by atoms with van der Waals surface area (Å²) in [6.07, 6.45) is 6.23. The number of nitrogens with one attached hydrogen (secondary N) is 1. The lowest BCUT2D eigenvalue weighted by Gasteiger charge is -2.27. The lowest BCUT2D eigenvalue weighted by molar-refractivity contribution is 0.122. The number of aliphatic imine (C=N–C) groups is 1. The van der Waals surface area contributed by atoms with Crippen molar-refractivity contribution in [3.05, 3.63) is 30.0 Å². The van der Waals surface area contributed by atoms with Gasteiger partial charge >= 0.3 is 0 Å². The van der Waals surface area contributed by atoms with Crippen molar-refractivity contribution in [1.82, 2.24) is 14.9 Å². The number of ether oxygens (including phenoxy) is 1. The first-order chi connectivity index (χ1) is 13.3. The highest BCUT2D eigenvalue weighted by Gasteiger charge is 2.25. The molecule has 0 amide bonds. The van der Waals surface area contributed by atoms with Gasteiger partial charge in [0.1, 0.15) is 11.6 Å². The van der Waals surface area contributed by atoms with Gasteiger partial charge < -0.3 is 19.9 Å². The zero-order chi connectivity index (χ0) is 18.2. The van der Waals surface area contributed by atoms with Crippen molar-refractivity contribution in [1.29, 1.82) is 0 Å². The zero-order valence-corrected chi connectivity index (χ0v) is 15.6. The Hall–Kier alpha value is -2.67. The van der Waals surface area contributed by atoms with E-state index in [1.807, 2.05) is 19.6 Å². The summed E-state index contributed by atoms with van der Waals surface area (Å²) in [5.74, 6) is 1.96. The summed E-state index contributed by atoms with van der Waals surface area (Å²) < 4.78 is 5.42. The van der Waals surface area contributed by atoms with E-state index in [2.05, 4.69) is 43.3 Å². The van der Waals surface area contributed by atoms with Crippen LogP contribution >= 0.6 is 0 Å². The minimum Gasteiger partial charge on any atom is -0.378 e. The summed E-state index contributed by atoms with van der Waals surface area (Å²) in [7, 11) is 2.04. The molecule has 2 aromatic heterocycles. The molecule has 0 unspecified atom stereocenters. The summed E-state index contributed by atoms with van der Waals surface area (Å²) in [4.78, 5) is 18.6. The average molecular weight is 364 g/mol. The number of rotatable bonds is 4. The molecule has 0 spiro atoms. The van der Waals surface area contributed by atoms with Crippen LogP contribution in [0.2, 0.25) is 0 Å². The van der Waals surface area contributed by atoms with E-state index in [-0.39, 0.29) is 0 Å². The average Bonchev–Trinajstić information content (AvgIpc) is 3.53. The van der Waals surface area contributed by atoms with Gasteiger partial charge in [-0.1, -0.05) is 0 Å². The summed E-state index contributed by atoms with van der Waals surface area (Å²) in [5, 5.41) is 3.58. The molecule has 0 aromatic carbocycles. The van der Waals surface area contributed by atoms with Crippen molar-refractivity contribution in [3.63, 3.8) is 0 Å². The first-order valence-corrected chi connectivity index (χ1v) is 9.60. The molecule has 1 saturated carbocycles. The fraction of sp³-hybridized carbons (Fsp3) is 0.450. The van der Waals surface area contributed by atoms with Crippen LogP contribution in [-0.2, 0) is 11.3 Å². The molecular formula is C20H24N6O. The van der Waals surface area contributed by atoms with Gasteiger partial charge in [-0.15, -0.1) is 0 Å². The van der Waals surface area contributed by atoms with Crippen molar-refractivity contribution in [3.8, 4) is 11.3 Å². The maximum absolute atomic E-state index is 5.42. The van der Waals surface area contributed by atoms with Gasteiger partial charge in [-0.25, -0.2) is 15.0 Å². The van der Waals surface area contributed by atoms with Gasteiger partial charge in [0.2, 0.25) is 0 Å². The number of nitrogens with zero attached hydrogens (tertiary/aromatic N) is 5. The highest BCUT2D eigenvalue weighted by Crippen LogP contribution is 2.36. The molecule has 5 rings (SSSR count). The van der Waals surface area contributed by atoms with Crippen LogP contribution in [-0.4, -0.2) is 60.6 Å². The number of pyridine rings is 2.